The monoisotopic (exact) mass is 444 g/mol. The zero-order chi connectivity index (χ0) is 23.4. The third-order valence-corrected chi connectivity index (χ3v) is 5.77. The first-order valence-electron chi connectivity index (χ1n) is 10.9. The highest BCUT2D eigenvalue weighted by atomic mass is 16.3. The van der Waals surface area contributed by atoms with Gasteiger partial charge >= 0.3 is 0 Å². The van der Waals surface area contributed by atoms with Crippen LogP contribution in [-0.4, -0.2) is 43.5 Å². The first-order valence-corrected chi connectivity index (χ1v) is 10.9. The SMILES string of the molecule is CC(NC(=O)c1ccco1)C(=O)NCC(c1ccc(N(C)C)cc1)c1c[nH]c2ccccc12. The average molecular weight is 445 g/mol. The van der Waals surface area contributed by atoms with Gasteiger partial charge in [0.1, 0.15) is 6.04 Å². The maximum atomic E-state index is 12.8. The third kappa shape index (κ3) is 4.92. The number of H-pyrrole nitrogens is 1. The standard InChI is InChI=1S/C26H28N4O3/c1-17(29-26(32)24-9-6-14-33-24)25(31)28-15-21(18-10-12-19(13-11-18)30(2)3)22-16-27-23-8-5-4-7-20(22)23/h4-14,16-17,21,27H,15H2,1-3H3,(H,28,31)(H,29,32). The fraction of sp³-hybridized carbons (Fsp3) is 0.231. The van der Waals surface area contributed by atoms with E-state index in [-0.39, 0.29) is 17.6 Å². The van der Waals surface area contributed by atoms with E-state index in [1.54, 1.807) is 19.1 Å². The maximum absolute atomic E-state index is 12.8. The zero-order valence-corrected chi connectivity index (χ0v) is 19.0. The first kappa shape index (κ1) is 22.2. The summed E-state index contributed by atoms with van der Waals surface area (Å²) in [5, 5.41) is 6.81. The highest BCUT2D eigenvalue weighted by Gasteiger charge is 2.22. The van der Waals surface area contributed by atoms with E-state index in [1.807, 2.05) is 38.5 Å². The van der Waals surface area contributed by atoms with E-state index in [1.165, 1.54) is 6.26 Å². The molecule has 0 saturated heterocycles. The molecule has 2 aromatic carbocycles. The zero-order valence-electron chi connectivity index (χ0n) is 19.0. The number of carbonyl (C=O) groups is 2. The molecule has 0 aliphatic carbocycles. The topological polar surface area (TPSA) is 90.4 Å². The number of para-hydroxylation sites is 1. The molecule has 7 heteroatoms. The second kappa shape index (κ2) is 9.65. The van der Waals surface area contributed by atoms with Crippen LogP contribution in [0.15, 0.2) is 77.5 Å². The van der Waals surface area contributed by atoms with Gasteiger partial charge < -0.3 is 24.9 Å². The molecule has 2 amide bonds. The Bertz CT molecular complexity index is 1230. The molecule has 4 aromatic rings. The molecule has 0 bridgehead atoms. The van der Waals surface area contributed by atoms with E-state index >= 15 is 0 Å². The Morgan fingerprint density at radius 3 is 2.48 bits per heavy atom. The highest BCUT2D eigenvalue weighted by Crippen LogP contribution is 2.31. The van der Waals surface area contributed by atoms with Gasteiger partial charge in [0.15, 0.2) is 5.76 Å². The Labute approximate surface area is 192 Å². The number of nitrogens with zero attached hydrogens (tertiary/aromatic N) is 1. The van der Waals surface area contributed by atoms with Crippen LogP contribution in [-0.2, 0) is 4.79 Å². The second-order valence-corrected chi connectivity index (χ2v) is 8.25. The van der Waals surface area contributed by atoms with Crippen molar-refractivity contribution in [1.82, 2.24) is 15.6 Å². The van der Waals surface area contributed by atoms with E-state index in [0.717, 1.165) is 27.7 Å². The summed E-state index contributed by atoms with van der Waals surface area (Å²) in [5.41, 5.74) is 4.36. The molecule has 0 spiro atoms. The van der Waals surface area contributed by atoms with Crippen molar-refractivity contribution in [2.75, 3.05) is 25.5 Å². The molecule has 0 saturated carbocycles. The number of carbonyl (C=O) groups excluding carboxylic acids is 2. The summed E-state index contributed by atoms with van der Waals surface area (Å²) in [4.78, 5) is 30.4. The van der Waals surface area contributed by atoms with Gasteiger partial charge in [0, 0.05) is 49.3 Å². The van der Waals surface area contributed by atoms with Gasteiger partial charge in [-0.1, -0.05) is 30.3 Å². The van der Waals surface area contributed by atoms with Crippen molar-refractivity contribution in [1.29, 1.82) is 0 Å². The van der Waals surface area contributed by atoms with Gasteiger partial charge in [-0.3, -0.25) is 9.59 Å². The molecule has 2 aromatic heterocycles. The Morgan fingerprint density at radius 2 is 1.79 bits per heavy atom. The lowest BCUT2D eigenvalue weighted by molar-refractivity contribution is -0.122. The Morgan fingerprint density at radius 1 is 1.03 bits per heavy atom. The number of fused-ring (bicyclic) bond motifs is 1. The Hall–Kier alpha value is -4.00. The van der Waals surface area contributed by atoms with E-state index in [2.05, 4.69) is 50.8 Å². The molecule has 2 unspecified atom stereocenters. The minimum absolute atomic E-state index is 0.0608. The number of amides is 2. The number of hydrogen-bond acceptors (Lipinski definition) is 4. The van der Waals surface area contributed by atoms with E-state index in [4.69, 9.17) is 4.42 Å². The first-order chi connectivity index (χ1) is 15.9. The molecule has 4 rings (SSSR count). The van der Waals surface area contributed by atoms with Crippen molar-refractivity contribution in [3.63, 3.8) is 0 Å². The number of rotatable bonds is 8. The van der Waals surface area contributed by atoms with Gasteiger partial charge in [-0.05, 0) is 48.4 Å². The average Bonchev–Trinajstić information content (AvgIpc) is 3.50. The lowest BCUT2D eigenvalue weighted by Gasteiger charge is -2.21. The molecule has 2 heterocycles. The van der Waals surface area contributed by atoms with Crippen molar-refractivity contribution in [2.24, 2.45) is 0 Å². The lowest BCUT2D eigenvalue weighted by atomic mass is 9.90. The minimum atomic E-state index is -0.706. The molecule has 7 nitrogen and oxygen atoms in total. The van der Waals surface area contributed by atoms with Crippen LogP contribution in [0.2, 0.25) is 0 Å². The predicted octanol–water partition coefficient (Wildman–Crippen LogP) is 3.89. The van der Waals surface area contributed by atoms with Crippen LogP contribution in [0.5, 0.6) is 0 Å². The van der Waals surface area contributed by atoms with Gasteiger partial charge in [0.25, 0.3) is 5.91 Å². The predicted molar refractivity (Wildman–Crippen MR) is 130 cm³/mol. The van der Waals surface area contributed by atoms with E-state index in [0.29, 0.717) is 6.54 Å². The van der Waals surface area contributed by atoms with Crippen LogP contribution in [0, 0.1) is 0 Å². The molecule has 0 radical (unpaired) electrons. The summed E-state index contributed by atoms with van der Waals surface area (Å²) < 4.78 is 5.10. The van der Waals surface area contributed by atoms with Crippen molar-refractivity contribution in [2.45, 2.75) is 18.9 Å². The number of aromatic nitrogens is 1. The van der Waals surface area contributed by atoms with Gasteiger partial charge in [-0.15, -0.1) is 0 Å². The number of nitrogens with one attached hydrogen (secondary N) is 3. The highest BCUT2D eigenvalue weighted by molar-refractivity contribution is 5.95. The van der Waals surface area contributed by atoms with Gasteiger partial charge in [-0.25, -0.2) is 0 Å². The fourth-order valence-corrected chi connectivity index (χ4v) is 3.89. The molecule has 0 fully saturated rings. The van der Waals surface area contributed by atoms with Crippen LogP contribution in [0.3, 0.4) is 0 Å². The van der Waals surface area contributed by atoms with Crippen LogP contribution in [0.25, 0.3) is 10.9 Å². The Balaban J connectivity index is 1.53. The fourth-order valence-electron chi connectivity index (χ4n) is 3.89. The molecule has 33 heavy (non-hydrogen) atoms. The summed E-state index contributed by atoms with van der Waals surface area (Å²) >= 11 is 0. The van der Waals surface area contributed by atoms with Crippen LogP contribution in [0.4, 0.5) is 5.69 Å². The number of anilines is 1. The molecular weight excluding hydrogens is 416 g/mol. The molecule has 0 aliphatic heterocycles. The minimum Gasteiger partial charge on any atom is -0.459 e. The summed E-state index contributed by atoms with van der Waals surface area (Å²) in [6, 6.07) is 18.9. The summed E-state index contributed by atoms with van der Waals surface area (Å²) in [6.07, 6.45) is 3.43. The molecule has 3 N–H and O–H groups in total. The normalized spacial score (nSPS) is 12.8. The van der Waals surface area contributed by atoms with Gasteiger partial charge in [0.05, 0.1) is 6.26 Å². The summed E-state index contributed by atoms with van der Waals surface area (Å²) in [5.74, 6) is -0.568. The van der Waals surface area contributed by atoms with Crippen molar-refractivity contribution < 1.29 is 14.0 Å². The number of hydrogen-bond donors (Lipinski definition) is 3. The quantitative estimate of drug-likeness (QED) is 0.385. The lowest BCUT2D eigenvalue weighted by Crippen LogP contribution is -2.45. The molecular formula is C26H28N4O3. The van der Waals surface area contributed by atoms with Gasteiger partial charge in [0.2, 0.25) is 5.91 Å². The van der Waals surface area contributed by atoms with Crippen LogP contribution < -0.4 is 15.5 Å². The maximum Gasteiger partial charge on any atom is 0.287 e. The largest absolute Gasteiger partial charge is 0.459 e. The van der Waals surface area contributed by atoms with Crippen LogP contribution >= 0.6 is 0 Å². The van der Waals surface area contributed by atoms with Crippen LogP contribution in [0.1, 0.15) is 34.5 Å². The molecule has 0 aliphatic rings. The smallest absolute Gasteiger partial charge is 0.287 e. The summed E-state index contributed by atoms with van der Waals surface area (Å²) in [7, 11) is 4.01. The van der Waals surface area contributed by atoms with Crippen molar-refractivity contribution in [3.8, 4) is 0 Å². The Kier molecular flexibility index (Phi) is 6.49. The number of benzene rings is 2. The molecule has 170 valence electrons. The number of aromatic amines is 1. The second-order valence-electron chi connectivity index (χ2n) is 8.25. The molecule has 2 atom stereocenters. The third-order valence-electron chi connectivity index (χ3n) is 5.77. The number of furan rings is 1. The van der Waals surface area contributed by atoms with E-state index < -0.39 is 11.9 Å². The summed E-state index contributed by atoms with van der Waals surface area (Å²) in [6.45, 7) is 2.05. The van der Waals surface area contributed by atoms with Gasteiger partial charge in [-0.2, -0.15) is 0 Å². The van der Waals surface area contributed by atoms with E-state index in [9.17, 15) is 9.59 Å². The van der Waals surface area contributed by atoms with Crippen molar-refractivity contribution >= 4 is 28.4 Å². The van der Waals surface area contributed by atoms with Crippen molar-refractivity contribution in [3.05, 3.63) is 90.0 Å².